The van der Waals surface area contributed by atoms with Crippen LogP contribution in [0.1, 0.15) is 27.8 Å². The number of aromatic nitrogens is 3. The minimum atomic E-state index is -0.558. The van der Waals surface area contributed by atoms with Gasteiger partial charge in [-0.2, -0.15) is 0 Å². The summed E-state index contributed by atoms with van der Waals surface area (Å²) in [5.41, 5.74) is 3.62. The van der Waals surface area contributed by atoms with E-state index in [0.29, 0.717) is 44.1 Å². The predicted octanol–water partition coefficient (Wildman–Crippen LogP) is 7.00. The van der Waals surface area contributed by atoms with Gasteiger partial charge in [0.25, 0.3) is 0 Å². The zero-order chi connectivity index (χ0) is 26.5. The molecule has 192 valence electrons. The number of hydrogen-bond acceptors (Lipinski definition) is 7. The molecule has 0 unspecified atom stereocenters. The highest BCUT2D eigenvalue weighted by molar-refractivity contribution is 9.10. The van der Waals surface area contributed by atoms with E-state index in [4.69, 9.17) is 21.1 Å². The van der Waals surface area contributed by atoms with Gasteiger partial charge in [-0.05, 0) is 82.9 Å². The van der Waals surface area contributed by atoms with Crippen LogP contribution in [-0.2, 0) is 6.61 Å². The molecular formula is C26H24BrClN4O4S. The third kappa shape index (κ3) is 6.63. The van der Waals surface area contributed by atoms with Crippen LogP contribution in [-0.4, -0.2) is 33.3 Å². The first kappa shape index (κ1) is 27.0. The monoisotopic (exact) mass is 602 g/mol. The molecule has 0 N–H and O–H groups in total. The molecule has 1 atom stereocenters. The summed E-state index contributed by atoms with van der Waals surface area (Å²) in [6.45, 7) is 3.85. The minimum absolute atomic E-state index is 0.303. The molecule has 4 aromatic rings. The summed E-state index contributed by atoms with van der Waals surface area (Å²) >= 11 is 10.8. The molecule has 0 fully saturated rings. The Hall–Kier alpha value is -3.08. The van der Waals surface area contributed by atoms with Gasteiger partial charge in [0.2, 0.25) is 6.54 Å². The third-order valence-electron chi connectivity index (χ3n) is 5.54. The molecule has 8 nitrogen and oxygen atoms in total. The van der Waals surface area contributed by atoms with Crippen LogP contribution in [0.2, 0.25) is 5.02 Å². The predicted molar refractivity (Wildman–Crippen MR) is 148 cm³/mol. The molecule has 0 saturated heterocycles. The van der Waals surface area contributed by atoms with Crippen LogP contribution in [0.25, 0.3) is 5.69 Å². The van der Waals surface area contributed by atoms with Crippen LogP contribution in [0.5, 0.6) is 11.5 Å². The SMILES string of the molecule is COc1cc([C@@H](C[N+](=O)[O-])Sc2nnc(C)n2-c2cccc(C)c2)cc(Br)c1OCc1ccc(Cl)cc1. The Morgan fingerprint density at radius 2 is 1.89 bits per heavy atom. The van der Waals surface area contributed by atoms with Crippen molar-refractivity contribution in [2.75, 3.05) is 13.7 Å². The van der Waals surface area contributed by atoms with Crippen LogP contribution in [0.3, 0.4) is 0 Å². The molecular weight excluding hydrogens is 580 g/mol. The highest BCUT2D eigenvalue weighted by Gasteiger charge is 2.26. The van der Waals surface area contributed by atoms with Crippen molar-refractivity contribution >= 4 is 39.3 Å². The highest BCUT2D eigenvalue weighted by atomic mass is 79.9. The van der Waals surface area contributed by atoms with E-state index < -0.39 is 5.25 Å². The second kappa shape index (κ2) is 12.0. The fourth-order valence-corrected chi connectivity index (χ4v) is 5.61. The van der Waals surface area contributed by atoms with E-state index >= 15 is 0 Å². The van der Waals surface area contributed by atoms with Gasteiger partial charge in [0, 0.05) is 15.6 Å². The highest BCUT2D eigenvalue weighted by Crippen LogP contribution is 2.43. The second-order valence-corrected chi connectivity index (χ2v) is 10.7. The smallest absolute Gasteiger partial charge is 0.220 e. The fourth-order valence-electron chi connectivity index (χ4n) is 3.76. The Balaban J connectivity index is 1.65. The fraction of sp³-hybridized carbons (Fsp3) is 0.231. The second-order valence-electron chi connectivity index (χ2n) is 8.28. The number of ether oxygens (including phenoxy) is 2. The number of nitro groups is 1. The molecule has 4 rings (SSSR count). The van der Waals surface area contributed by atoms with Gasteiger partial charge >= 0.3 is 0 Å². The number of aryl methyl sites for hydroxylation is 2. The lowest BCUT2D eigenvalue weighted by Gasteiger charge is -2.18. The first-order valence-corrected chi connectivity index (χ1v) is 13.3. The van der Waals surface area contributed by atoms with Crippen molar-refractivity contribution in [1.82, 2.24) is 14.8 Å². The van der Waals surface area contributed by atoms with Gasteiger partial charge in [-0.3, -0.25) is 14.7 Å². The van der Waals surface area contributed by atoms with Crippen LogP contribution in [0, 0.1) is 24.0 Å². The lowest BCUT2D eigenvalue weighted by Crippen LogP contribution is -2.12. The van der Waals surface area contributed by atoms with E-state index in [-0.39, 0.29) is 11.5 Å². The summed E-state index contributed by atoms with van der Waals surface area (Å²) < 4.78 is 14.2. The zero-order valence-corrected chi connectivity index (χ0v) is 23.5. The largest absolute Gasteiger partial charge is 0.493 e. The van der Waals surface area contributed by atoms with Gasteiger partial charge in [-0.1, -0.05) is 47.6 Å². The van der Waals surface area contributed by atoms with Gasteiger partial charge in [0.1, 0.15) is 17.7 Å². The van der Waals surface area contributed by atoms with Crippen LogP contribution in [0.4, 0.5) is 0 Å². The lowest BCUT2D eigenvalue weighted by atomic mass is 10.1. The number of benzene rings is 3. The van der Waals surface area contributed by atoms with Crippen molar-refractivity contribution in [3.05, 3.63) is 103 Å². The van der Waals surface area contributed by atoms with E-state index in [1.54, 1.807) is 18.2 Å². The molecule has 0 spiro atoms. The summed E-state index contributed by atoms with van der Waals surface area (Å²) in [7, 11) is 1.54. The molecule has 3 aromatic carbocycles. The molecule has 37 heavy (non-hydrogen) atoms. The molecule has 0 radical (unpaired) electrons. The Labute approximate surface area is 232 Å². The van der Waals surface area contributed by atoms with E-state index in [0.717, 1.165) is 16.8 Å². The van der Waals surface area contributed by atoms with Crippen LogP contribution < -0.4 is 9.47 Å². The van der Waals surface area contributed by atoms with Crippen molar-refractivity contribution in [3.8, 4) is 17.2 Å². The quantitative estimate of drug-likeness (QED) is 0.109. The van der Waals surface area contributed by atoms with Crippen molar-refractivity contribution in [2.24, 2.45) is 0 Å². The Bertz CT molecular complexity index is 1410. The van der Waals surface area contributed by atoms with E-state index in [1.807, 2.05) is 60.9 Å². The van der Waals surface area contributed by atoms with Crippen molar-refractivity contribution < 1.29 is 14.4 Å². The summed E-state index contributed by atoms with van der Waals surface area (Å²) in [4.78, 5) is 11.3. The maximum absolute atomic E-state index is 11.6. The zero-order valence-electron chi connectivity index (χ0n) is 20.4. The summed E-state index contributed by atoms with van der Waals surface area (Å²) in [6, 6.07) is 18.9. The van der Waals surface area contributed by atoms with Crippen molar-refractivity contribution in [1.29, 1.82) is 0 Å². The first-order chi connectivity index (χ1) is 17.7. The van der Waals surface area contributed by atoms with E-state index in [9.17, 15) is 10.1 Å². The molecule has 0 aliphatic heterocycles. The summed E-state index contributed by atoms with van der Waals surface area (Å²) in [6.07, 6.45) is 0. The lowest BCUT2D eigenvalue weighted by molar-refractivity contribution is -0.479. The molecule has 1 aromatic heterocycles. The van der Waals surface area contributed by atoms with Gasteiger partial charge in [0.05, 0.1) is 11.6 Å². The molecule has 1 heterocycles. The standard InChI is InChI=1S/C26H24BrClN4O4S/c1-16-5-4-6-21(11-16)32-17(2)29-30-26(32)37-24(14-31(33)34)19-12-22(27)25(23(13-19)35-3)36-15-18-7-9-20(28)10-8-18/h4-13,24H,14-15H2,1-3H3/t24-/m1/s1. The Morgan fingerprint density at radius 3 is 2.57 bits per heavy atom. The molecule has 0 bridgehead atoms. The number of nitrogens with zero attached hydrogens (tertiary/aromatic N) is 4. The van der Waals surface area contributed by atoms with Gasteiger partial charge in [-0.15, -0.1) is 10.2 Å². The van der Waals surface area contributed by atoms with E-state index in [2.05, 4.69) is 26.1 Å². The summed E-state index contributed by atoms with van der Waals surface area (Å²) in [5, 5.41) is 20.8. The number of rotatable bonds is 10. The summed E-state index contributed by atoms with van der Waals surface area (Å²) in [5.74, 6) is 1.66. The molecule has 0 aliphatic carbocycles. The van der Waals surface area contributed by atoms with Crippen LogP contribution in [0.15, 0.2) is 70.3 Å². The maximum atomic E-state index is 11.6. The van der Waals surface area contributed by atoms with Gasteiger partial charge < -0.3 is 9.47 Å². The number of thioether (sulfide) groups is 1. The van der Waals surface area contributed by atoms with Crippen LogP contribution >= 0.6 is 39.3 Å². The number of halogens is 2. The van der Waals surface area contributed by atoms with Gasteiger partial charge in [-0.25, -0.2) is 0 Å². The first-order valence-electron chi connectivity index (χ1n) is 11.3. The minimum Gasteiger partial charge on any atom is -0.493 e. The average molecular weight is 604 g/mol. The maximum Gasteiger partial charge on any atom is 0.220 e. The molecule has 0 saturated carbocycles. The average Bonchev–Trinajstić information content (AvgIpc) is 3.23. The van der Waals surface area contributed by atoms with Gasteiger partial charge in [0.15, 0.2) is 16.7 Å². The van der Waals surface area contributed by atoms with Crippen molar-refractivity contribution in [3.63, 3.8) is 0 Å². The number of methoxy groups -OCH3 is 1. The third-order valence-corrected chi connectivity index (χ3v) is 7.56. The Morgan fingerprint density at radius 1 is 1.14 bits per heavy atom. The van der Waals surface area contributed by atoms with E-state index in [1.165, 1.54) is 18.9 Å². The normalized spacial score (nSPS) is 11.8. The van der Waals surface area contributed by atoms with Crippen molar-refractivity contribution in [2.45, 2.75) is 30.9 Å². The Kier molecular flexibility index (Phi) is 8.73. The molecule has 11 heteroatoms. The topological polar surface area (TPSA) is 92.3 Å². The molecule has 0 aliphatic rings. The number of hydrogen-bond donors (Lipinski definition) is 0. The molecule has 0 amide bonds.